The van der Waals surface area contributed by atoms with Crippen molar-refractivity contribution in [3.63, 3.8) is 0 Å². The highest BCUT2D eigenvalue weighted by Gasteiger charge is 2.47. The molecule has 1 heterocycles. The summed E-state index contributed by atoms with van der Waals surface area (Å²) in [5.74, 6) is -0.249. The summed E-state index contributed by atoms with van der Waals surface area (Å²) in [6, 6.07) is 8.69. The van der Waals surface area contributed by atoms with Gasteiger partial charge in [0.15, 0.2) is 0 Å². The third kappa shape index (κ3) is 4.57. The number of carbonyl (C=O) groups excluding carboxylic acids is 2. The van der Waals surface area contributed by atoms with E-state index in [1.165, 1.54) is 4.31 Å². The van der Waals surface area contributed by atoms with Crippen molar-refractivity contribution in [2.45, 2.75) is 51.3 Å². The third-order valence-electron chi connectivity index (χ3n) is 6.16. The molecule has 0 radical (unpaired) electrons. The molecular weight excluding hydrogens is 392 g/mol. The minimum absolute atomic E-state index is 0.00734. The maximum absolute atomic E-state index is 13.6. The Labute approximate surface area is 172 Å². The molecule has 5 unspecified atom stereocenters. The number of esters is 1. The van der Waals surface area contributed by atoms with E-state index in [4.69, 9.17) is 4.74 Å². The summed E-state index contributed by atoms with van der Waals surface area (Å²) in [6.45, 7) is 5.57. The van der Waals surface area contributed by atoms with Gasteiger partial charge in [0, 0.05) is 12.5 Å². The van der Waals surface area contributed by atoms with Crippen molar-refractivity contribution < 1.29 is 22.7 Å². The standard InChI is InChI=1S/C21H30N2O5S/c1-4-28-20(25)13-23(16-8-6-5-7-9-16)29(26,27)17-10-15(3)21-18(12-17)14(2)11-19(24)22-21/h5-9,14-15,17-18,21H,4,10-13H2,1-3H3,(H,22,24). The van der Waals surface area contributed by atoms with E-state index in [1.54, 1.807) is 37.3 Å². The Morgan fingerprint density at radius 2 is 1.86 bits per heavy atom. The summed E-state index contributed by atoms with van der Waals surface area (Å²) < 4.78 is 33.5. The van der Waals surface area contributed by atoms with E-state index >= 15 is 0 Å². The number of piperidine rings is 1. The van der Waals surface area contributed by atoms with Crippen LogP contribution in [0.2, 0.25) is 0 Å². The van der Waals surface area contributed by atoms with Crippen molar-refractivity contribution >= 4 is 27.6 Å². The Hall–Kier alpha value is -2.09. The largest absolute Gasteiger partial charge is 0.465 e. The Kier molecular flexibility index (Phi) is 6.51. The van der Waals surface area contributed by atoms with Crippen LogP contribution in [0.4, 0.5) is 5.69 Å². The van der Waals surface area contributed by atoms with E-state index < -0.39 is 21.2 Å². The fourth-order valence-electron chi connectivity index (χ4n) is 4.72. The summed E-state index contributed by atoms with van der Waals surface area (Å²) in [4.78, 5) is 24.1. The van der Waals surface area contributed by atoms with Crippen LogP contribution >= 0.6 is 0 Å². The second-order valence-electron chi connectivity index (χ2n) is 8.20. The summed E-state index contributed by atoms with van der Waals surface area (Å²) in [5.41, 5.74) is 0.459. The van der Waals surface area contributed by atoms with Crippen molar-refractivity contribution in [1.29, 1.82) is 0 Å². The molecule has 2 fully saturated rings. The molecule has 160 valence electrons. The van der Waals surface area contributed by atoms with E-state index in [9.17, 15) is 18.0 Å². The molecule has 0 spiro atoms. The third-order valence-corrected chi connectivity index (χ3v) is 8.34. The number of sulfonamides is 1. The number of hydrogen-bond donors (Lipinski definition) is 1. The van der Waals surface area contributed by atoms with E-state index in [-0.39, 0.29) is 42.9 Å². The Balaban J connectivity index is 1.89. The van der Waals surface area contributed by atoms with Crippen molar-refractivity contribution in [3.05, 3.63) is 30.3 Å². The van der Waals surface area contributed by atoms with Crippen LogP contribution < -0.4 is 9.62 Å². The van der Waals surface area contributed by atoms with Crippen LogP contribution in [0.1, 0.15) is 40.0 Å². The molecule has 1 N–H and O–H groups in total. The quantitative estimate of drug-likeness (QED) is 0.710. The number of para-hydroxylation sites is 1. The van der Waals surface area contributed by atoms with E-state index in [0.717, 1.165) is 0 Å². The second kappa shape index (κ2) is 8.73. The first kappa shape index (κ1) is 21.6. The zero-order valence-corrected chi connectivity index (χ0v) is 18.0. The highest BCUT2D eigenvalue weighted by atomic mass is 32.2. The van der Waals surface area contributed by atoms with Crippen LogP contribution in [0.25, 0.3) is 0 Å². The topological polar surface area (TPSA) is 92.8 Å². The molecule has 3 rings (SSSR count). The molecule has 1 amide bonds. The van der Waals surface area contributed by atoms with Crippen LogP contribution in [-0.4, -0.2) is 44.7 Å². The number of rotatable bonds is 6. The molecule has 1 saturated heterocycles. The van der Waals surface area contributed by atoms with Gasteiger partial charge in [0.2, 0.25) is 15.9 Å². The van der Waals surface area contributed by atoms with Crippen LogP contribution in [0.3, 0.4) is 0 Å². The lowest BCUT2D eigenvalue weighted by molar-refractivity contribution is -0.141. The van der Waals surface area contributed by atoms with Crippen molar-refractivity contribution in [2.75, 3.05) is 17.5 Å². The SMILES string of the molecule is CCOC(=O)CN(c1ccccc1)S(=O)(=O)C1CC(C)C2NC(=O)CC(C)C2C1. The predicted molar refractivity (Wildman–Crippen MR) is 111 cm³/mol. The Morgan fingerprint density at radius 3 is 2.52 bits per heavy atom. The van der Waals surface area contributed by atoms with Gasteiger partial charge in [-0.05, 0) is 49.7 Å². The van der Waals surface area contributed by atoms with Crippen molar-refractivity contribution in [1.82, 2.24) is 5.32 Å². The number of nitrogens with zero attached hydrogens (tertiary/aromatic N) is 1. The molecule has 2 aliphatic rings. The Bertz CT molecular complexity index is 842. The number of amides is 1. The molecule has 0 bridgehead atoms. The molecule has 29 heavy (non-hydrogen) atoms. The zero-order valence-electron chi connectivity index (χ0n) is 17.2. The summed E-state index contributed by atoms with van der Waals surface area (Å²) in [5, 5.41) is 2.45. The number of carbonyl (C=O) groups is 2. The van der Waals surface area contributed by atoms with E-state index in [2.05, 4.69) is 5.32 Å². The molecule has 1 aliphatic carbocycles. The summed E-state index contributed by atoms with van der Waals surface area (Å²) in [7, 11) is -3.79. The van der Waals surface area contributed by atoms with Gasteiger partial charge in [-0.3, -0.25) is 13.9 Å². The predicted octanol–water partition coefficient (Wildman–Crippen LogP) is 2.33. The summed E-state index contributed by atoms with van der Waals surface area (Å²) >= 11 is 0. The van der Waals surface area contributed by atoms with Gasteiger partial charge >= 0.3 is 5.97 Å². The highest BCUT2D eigenvalue weighted by Crippen LogP contribution is 2.41. The van der Waals surface area contributed by atoms with Crippen LogP contribution in [-0.2, 0) is 24.3 Å². The molecule has 8 heteroatoms. The van der Waals surface area contributed by atoms with Gasteiger partial charge in [-0.15, -0.1) is 0 Å². The second-order valence-corrected chi connectivity index (χ2v) is 10.3. The molecule has 5 atom stereocenters. The minimum Gasteiger partial charge on any atom is -0.465 e. The highest BCUT2D eigenvalue weighted by molar-refractivity contribution is 7.93. The molecule has 1 aromatic rings. The van der Waals surface area contributed by atoms with Crippen LogP contribution in [0, 0.1) is 17.8 Å². The lowest BCUT2D eigenvalue weighted by Gasteiger charge is -2.46. The maximum Gasteiger partial charge on any atom is 0.326 e. The normalized spacial score (nSPS) is 29.5. The average molecular weight is 423 g/mol. The lowest BCUT2D eigenvalue weighted by atomic mass is 9.69. The van der Waals surface area contributed by atoms with Gasteiger partial charge in [-0.2, -0.15) is 0 Å². The molecule has 7 nitrogen and oxygen atoms in total. The van der Waals surface area contributed by atoms with Crippen LogP contribution in [0.5, 0.6) is 0 Å². The lowest BCUT2D eigenvalue weighted by Crippen LogP contribution is -2.57. The fraction of sp³-hybridized carbons (Fsp3) is 0.619. The first-order valence-corrected chi connectivity index (χ1v) is 11.8. The molecule has 1 aliphatic heterocycles. The number of anilines is 1. The van der Waals surface area contributed by atoms with E-state index in [1.807, 2.05) is 13.8 Å². The fourth-order valence-corrected chi connectivity index (χ4v) is 6.80. The zero-order chi connectivity index (χ0) is 21.2. The monoisotopic (exact) mass is 422 g/mol. The van der Waals surface area contributed by atoms with Gasteiger partial charge in [-0.1, -0.05) is 32.0 Å². The van der Waals surface area contributed by atoms with Gasteiger partial charge in [0.25, 0.3) is 0 Å². The number of ether oxygens (including phenoxy) is 1. The van der Waals surface area contributed by atoms with Gasteiger partial charge in [0.05, 0.1) is 17.5 Å². The molecular formula is C21H30N2O5S. The Morgan fingerprint density at radius 1 is 1.17 bits per heavy atom. The first-order valence-electron chi connectivity index (χ1n) is 10.3. The van der Waals surface area contributed by atoms with E-state index in [0.29, 0.717) is 24.9 Å². The summed E-state index contributed by atoms with van der Waals surface area (Å²) in [6.07, 6.45) is 1.35. The van der Waals surface area contributed by atoms with Crippen molar-refractivity contribution in [2.24, 2.45) is 17.8 Å². The maximum atomic E-state index is 13.6. The smallest absolute Gasteiger partial charge is 0.326 e. The van der Waals surface area contributed by atoms with Crippen LogP contribution in [0.15, 0.2) is 30.3 Å². The molecule has 0 aromatic heterocycles. The van der Waals surface area contributed by atoms with Gasteiger partial charge in [-0.25, -0.2) is 8.42 Å². The minimum atomic E-state index is -3.79. The molecule has 1 saturated carbocycles. The van der Waals surface area contributed by atoms with Crippen molar-refractivity contribution in [3.8, 4) is 0 Å². The average Bonchev–Trinajstić information content (AvgIpc) is 2.67. The van der Waals surface area contributed by atoms with Gasteiger partial charge < -0.3 is 10.1 Å². The number of nitrogens with one attached hydrogen (secondary N) is 1. The number of benzene rings is 1. The van der Waals surface area contributed by atoms with Gasteiger partial charge in [0.1, 0.15) is 6.54 Å². The number of fused-ring (bicyclic) bond motifs is 1. The first-order chi connectivity index (χ1) is 13.7. The molecule has 1 aromatic carbocycles. The number of hydrogen-bond acceptors (Lipinski definition) is 5.